The summed E-state index contributed by atoms with van der Waals surface area (Å²) < 4.78 is 39.6. The lowest BCUT2D eigenvalue weighted by molar-refractivity contribution is -0.124. The van der Waals surface area contributed by atoms with Crippen LogP contribution in [0.5, 0.6) is 0 Å². The Bertz CT molecular complexity index is 617. The Hall–Kier alpha value is -1.70. The fourth-order valence-electron chi connectivity index (χ4n) is 2.31. The molecule has 2 amide bonds. The monoisotopic (exact) mass is 360 g/mol. The van der Waals surface area contributed by atoms with Crippen LogP contribution in [0.15, 0.2) is 12.1 Å². The van der Waals surface area contributed by atoms with Crippen LogP contribution >= 0.6 is 11.8 Å². The van der Waals surface area contributed by atoms with Crippen LogP contribution in [0.3, 0.4) is 0 Å². The quantitative estimate of drug-likeness (QED) is 0.822. The lowest BCUT2D eigenvalue weighted by Gasteiger charge is -2.23. The van der Waals surface area contributed by atoms with Gasteiger partial charge in [0.05, 0.1) is 5.88 Å². The maximum absolute atomic E-state index is 13.3. The van der Waals surface area contributed by atoms with Crippen molar-refractivity contribution in [2.45, 2.75) is 26.3 Å². The largest absolute Gasteiger partial charge is 0.354 e. The maximum atomic E-state index is 13.3. The van der Waals surface area contributed by atoms with Crippen LogP contribution < -0.4 is 5.32 Å². The number of rotatable bonds is 5. The van der Waals surface area contributed by atoms with Crippen LogP contribution in [-0.4, -0.2) is 40.9 Å². The van der Waals surface area contributed by atoms with E-state index in [0.29, 0.717) is 30.3 Å². The molecule has 1 aromatic rings. The van der Waals surface area contributed by atoms with E-state index < -0.39 is 29.4 Å². The molecule has 1 aliphatic heterocycles. The van der Waals surface area contributed by atoms with Gasteiger partial charge in [-0.3, -0.25) is 9.59 Å². The van der Waals surface area contributed by atoms with Gasteiger partial charge in [-0.15, -0.1) is 11.8 Å². The summed E-state index contributed by atoms with van der Waals surface area (Å²) in [6.07, 6.45) is 0.813. The van der Waals surface area contributed by atoms with Crippen LogP contribution in [0.4, 0.5) is 13.2 Å². The number of hydrogen-bond donors (Lipinski definition) is 1. The van der Waals surface area contributed by atoms with E-state index in [1.807, 2.05) is 13.8 Å². The predicted molar refractivity (Wildman–Crippen MR) is 86.1 cm³/mol. The highest BCUT2D eigenvalue weighted by molar-refractivity contribution is 7.99. The van der Waals surface area contributed by atoms with Gasteiger partial charge < -0.3 is 10.2 Å². The van der Waals surface area contributed by atoms with Gasteiger partial charge in [-0.1, -0.05) is 13.8 Å². The predicted octanol–water partition coefficient (Wildman–Crippen LogP) is 2.78. The zero-order chi connectivity index (χ0) is 17.9. The van der Waals surface area contributed by atoms with E-state index in [0.717, 1.165) is 6.42 Å². The molecule has 0 radical (unpaired) electrons. The van der Waals surface area contributed by atoms with Crippen LogP contribution in [0.1, 0.15) is 30.6 Å². The van der Waals surface area contributed by atoms with Crippen molar-refractivity contribution in [1.82, 2.24) is 10.2 Å². The molecule has 1 fully saturated rings. The first-order valence-electron chi connectivity index (χ1n) is 7.62. The summed E-state index contributed by atoms with van der Waals surface area (Å²) in [4.78, 5) is 25.9. The van der Waals surface area contributed by atoms with E-state index >= 15 is 0 Å². The number of thioether (sulfide) groups is 1. The first-order chi connectivity index (χ1) is 11.3. The molecule has 1 heterocycles. The molecule has 1 saturated heterocycles. The van der Waals surface area contributed by atoms with E-state index in [1.54, 1.807) is 0 Å². The number of amides is 2. The molecule has 132 valence electrons. The standard InChI is InChI=1S/C16H19F3N2O2S/c1-9(2)3-4-20-15(22)13-7-24-8-21(13)16(23)10-5-11(17)14(19)12(18)6-10/h5-6,9,13H,3-4,7-8H2,1-2H3,(H,20,22)/t13-/m1/s1. The molecule has 1 atom stereocenters. The first-order valence-corrected chi connectivity index (χ1v) is 8.77. The van der Waals surface area contributed by atoms with Gasteiger partial charge in [0.15, 0.2) is 17.5 Å². The average molecular weight is 360 g/mol. The van der Waals surface area contributed by atoms with Gasteiger partial charge in [0.1, 0.15) is 6.04 Å². The molecule has 8 heteroatoms. The summed E-state index contributed by atoms with van der Waals surface area (Å²) in [5.41, 5.74) is -0.311. The molecule has 0 aromatic heterocycles. The van der Waals surface area contributed by atoms with E-state index in [-0.39, 0.29) is 17.3 Å². The van der Waals surface area contributed by atoms with Crippen LogP contribution in [-0.2, 0) is 4.79 Å². The van der Waals surface area contributed by atoms with Crippen molar-refractivity contribution in [1.29, 1.82) is 0 Å². The fourth-order valence-corrected chi connectivity index (χ4v) is 3.46. The third kappa shape index (κ3) is 4.23. The molecule has 4 nitrogen and oxygen atoms in total. The highest BCUT2D eigenvalue weighted by atomic mass is 32.2. The van der Waals surface area contributed by atoms with E-state index in [1.165, 1.54) is 16.7 Å². The van der Waals surface area contributed by atoms with Crippen LogP contribution in [0.2, 0.25) is 0 Å². The molecule has 1 aromatic carbocycles. The minimum absolute atomic E-state index is 0.238. The van der Waals surface area contributed by atoms with Crippen LogP contribution in [0, 0.1) is 23.4 Å². The zero-order valence-electron chi connectivity index (χ0n) is 13.4. The number of carbonyl (C=O) groups is 2. The Morgan fingerprint density at radius 3 is 2.50 bits per heavy atom. The number of nitrogens with one attached hydrogen (secondary N) is 1. The van der Waals surface area contributed by atoms with Crippen LogP contribution in [0.25, 0.3) is 0 Å². The molecule has 0 saturated carbocycles. The summed E-state index contributed by atoms with van der Waals surface area (Å²) in [7, 11) is 0. The molecule has 1 aliphatic rings. The van der Waals surface area contributed by atoms with Gasteiger partial charge >= 0.3 is 0 Å². The summed E-state index contributed by atoms with van der Waals surface area (Å²) >= 11 is 1.38. The van der Waals surface area contributed by atoms with Crippen molar-refractivity contribution >= 4 is 23.6 Å². The van der Waals surface area contributed by atoms with Gasteiger partial charge in [0, 0.05) is 17.9 Å². The summed E-state index contributed by atoms with van der Waals surface area (Å²) in [5, 5.41) is 2.77. The van der Waals surface area contributed by atoms with E-state index in [2.05, 4.69) is 5.32 Å². The van der Waals surface area contributed by atoms with Gasteiger partial charge in [-0.2, -0.15) is 0 Å². The Labute approximate surface area is 142 Å². The molecule has 1 N–H and O–H groups in total. The lowest BCUT2D eigenvalue weighted by atomic mass is 10.1. The summed E-state index contributed by atoms with van der Waals surface area (Å²) in [5.74, 6) is -4.38. The number of benzene rings is 1. The number of hydrogen-bond acceptors (Lipinski definition) is 3. The second-order valence-electron chi connectivity index (χ2n) is 6.02. The number of carbonyl (C=O) groups excluding carboxylic acids is 2. The Balaban J connectivity index is 2.09. The van der Waals surface area contributed by atoms with Crippen molar-refractivity contribution in [2.75, 3.05) is 18.2 Å². The van der Waals surface area contributed by atoms with Crippen molar-refractivity contribution in [3.8, 4) is 0 Å². The second kappa shape index (κ2) is 7.92. The molecule has 0 bridgehead atoms. The summed E-state index contributed by atoms with van der Waals surface area (Å²) in [6, 6.07) is 0.598. The smallest absolute Gasteiger partial charge is 0.255 e. The zero-order valence-corrected chi connectivity index (χ0v) is 14.3. The van der Waals surface area contributed by atoms with Crippen molar-refractivity contribution in [3.05, 3.63) is 35.1 Å². The SMILES string of the molecule is CC(C)CCNC(=O)[C@H]1CSCN1C(=O)c1cc(F)c(F)c(F)c1. The lowest BCUT2D eigenvalue weighted by Crippen LogP contribution is -2.47. The molecule has 0 unspecified atom stereocenters. The first kappa shape index (κ1) is 18.6. The van der Waals surface area contributed by atoms with E-state index in [9.17, 15) is 22.8 Å². The van der Waals surface area contributed by atoms with Gasteiger partial charge in [-0.05, 0) is 24.5 Å². The minimum Gasteiger partial charge on any atom is -0.354 e. The fraction of sp³-hybridized carbons (Fsp3) is 0.500. The molecular weight excluding hydrogens is 341 g/mol. The third-order valence-electron chi connectivity index (χ3n) is 3.70. The Morgan fingerprint density at radius 2 is 1.92 bits per heavy atom. The number of halogens is 3. The van der Waals surface area contributed by atoms with Gasteiger partial charge in [0.25, 0.3) is 5.91 Å². The van der Waals surface area contributed by atoms with Gasteiger partial charge in [0.2, 0.25) is 5.91 Å². The topological polar surface area (TPSA) is 49.4 Å². The Kier molecular flexibility index (Phi) is 6.15. The summed E-state index contributed by atoms with van der Waals surface area (Å²) in [6.45, 7) is 4.57. The molecule has 2 rings (SSSR count). The van der Waals surface area contributed by atoms with Gasteiger partial charge in [-0.25, -0.2) is 13.2 Å². The maximum Gasteiger partial charge on any atom is 0.255 e. The normalized spacial score (nSPS) is 17.4. The molecule has 24 heavy (non-hydrogen) atoms. The second-order valence-corrected chi connectivity index (χ2v) is 7.02. The average Bonchev–Trinajstić information content (AvgIpc) is 3.00. The van der Waals surface area contributed by atoms with Crippen molar-refractivity contribution < 1.29 is 22.8 Å². The molecular formula is C16H19F3N2O2S. The third-order valence-corrected chi connectivity index (χ3v) is 4.71. The highest BCUT2D eigenvalue weighted by Crippen LogP contribution is 2.24. The van der Waals surface area contributed by atoms with Crippen molar-refractivity contribution in [3.63, 3.8) is 0 Å². The minimum atomic E-state index is -1.62. The highest BCUT2D eigenvalue weighted by Gasteiger charge is 2.35. The molecule has 0 aliphatic carbocycles. The molecule has 0 spiro atoms. The van der Waals surface area contributed by atoms with E-state index in [4.69, 9.17) is 0 Å². The van der Waals surface area contributed by atoms with Crippen molar-refractivity contribution in [2.24, 2.45) is 5.92 Å². The number of nitrogens with zero attached hydrogens (tertiary/aromatic N) is 1. The Morgan fingerprint density at radius 1 is 1.29 bits per heavy atom.